The molecule has 7 nitrogen and oxygen atoms in total. The first kappa shape index (κ1) is 21.1. The van der Waals surface area contributed by atoms with Gasteiger partial charge in [-0.3, -0.25) is 19.4 Å². The van der Waals surface area contributed by atoms with Crippen LogP contribution < -0.4 is 5.32 Å². The van der Waals surface area contributed by atoms with Gasteiger partial charge in [-0.15, -0.1) is 0 Å². The van der Waals surface area contributed by atoms with Gasteiger partial charge in [-0.05, 0) is 45.6 Å². The van der Waals surface area contributed by atoms with Crippen molar-refractivity contribution < 1.29 is 14.7 Å². The van der Waals surface area contributed by atoms with Crippen molar-refractivity contribution in [3.63, 3.8) is 0 Å². The van der Waals surface area contributed by atoms with Crippen molar-refractivity contribution in [3.8, 4) is 0 Å². The number of nitrogens with zero attached hydrogens (tertiary/aromatic N) is 3. The van der Waals surface area contributed by atoms with Gasteiger partial charge < -0.3 is 15.3 Å². The molecular weight excluding hydrogens is 368 g/mol. The summed E-state index contributed by atoms with van der Waals surface area (Å²) in [5.74, 6) is 0.372. The normalized spacial score (nSPS) is 33.4. The number of hydrogen-bond acceptors (Lipinski definition) is 5. The number of hydrogen-bond donors (Lipinski definition) is 2. The van der Waals surface area contributed by atoms with Crippen molar-refractivity contribution in [2.45, 2.75) is 94.5 Å². The van der Waals surface area contributed by atoms with Gasteiger partial charge >= 0.3 is 0 Å². The molecule has 3 aliphatic heterocycles. The van der Waals surface area contributed by atoms with Crippen molar-refractivity contribution in [1.29, 1.82) is 0 Å². The third-order valence-corrected chi connectivity index (χ3v) is 7.84. The van der Waals surface area contributed by atoms with Crippen LogP contribution in [0, 0.1) is 0 Å². The molecule has 0 aromatic heterocycles. The van der Waals surface area contributed by atoms with E-state index < -0.39 is 0 Å². The zero-order chi connectivity index (χ0) is 20.4. The maximum atomic E-state index is 13.0. The van der Waals surface area contributed by atoms with Gasteiger partial charge in [-0.2, -0.15) is 0 Å². The van der Waals surface area contributed by atoms with E-state index in [0.717, 1.165) is 19.4 Å². The Morgan fingerprint density at radius 2 is 1.79 bits per heavy atom. The zero-order valence-electron chi connectivity index (χ0n) is 17.9. The van der Waals surface area contributed by atoms with E-state index in [-0.39, 0.29) is 36.0 Å². The molecule has 0 aromatic carbocycles. The van der Waals surface area contributed by atoms with E-state index >= 15 is 0 Å². The third-order valence-electron chi connectivity index (χ3n) is 7.84. The summed E-state index contributed by atoms with van der Waals surface area (Å²) in [6.45, 7) is 2.98. The summed E-state index contributed by atoms with van der Waals surface area (Å²) in [6, 6.07) is 0.988. The third kappa shape index (κ3) is 4.62. The lowest BCUT2D eigenvalue weighted by atomic mass is 9.93. The number of carbonyl (C=O) groups excluding carboxylic acids is 2. The second-order valence-electron chi connectivity index (χ2n) is 9.55. The van der Waals surface area contributed by atoms with Crippen LogP contribution in [0.2, 0.25) is 0 Å². The van der Waals surface area contributed by atoms with Crippen LogP contribution in [-0.2, 0) is 9.59 Å². The second kappa shape index (κ2) is 9.31. The fourth-order valence-electron chi connectivity index (χ4n) is 5.98. The number of nitrogens with one attached hydrogen (secondary N) is 1. The Morgan fingerprint density at radius 3 is 2.52 bits per heavy atom. The van der Waals surface area contributed by atoms with Gasteiger partial charge in [-0.1, -0.05) is 19.3 Å². The first-order valence-electron chi connectivity index (χ1n) is 11.8. The monoisotopic (exact) mass is 406 g/mol. The Bertz CT molecular complexity index is 587. The molecule has 4 aliphatic rings. The fourth-order valence-corrected chi connectivity index (χ4v) is 5.98. The lowest BCUT2D eigenvalue weighted by molar-refractivity contribution is -0.133. The Balaban J connectivity index is 1.35. The SMILES string of the molecule is CN1C(CCC(=O)N2CCC(O)CC2)CNC(=O)C2C1CCN2C1CCCCC1. The van der Waals surface area contributed by atoms with Gasteiger partial charge in [0.1, 0.15) is 6.04 Å². The van der Waals surface area contributed by atoms with Gasteiger partial charge in [0.25, 0.3) is 0 Å². The molecule has 4 fully saturated rings. The van der Waals surface area contributed by atoms with E-state index in [1.165, 1.54) is 32.1 Å². The van der Waals surface area contributed by atoms with Crippen LogP contribution in [0.4, 0.5) is 0 Å². The first-order valence-corrected chi connectivity index (χ1v) is 11.8. The van der Waals surface area contributed by atoms with Crippen LogP contribution in [0.5, 0.6) is 0 Å². The van der Waals surface area contributed by atoms with Crippen molar-refractivity contribution in [2.75, 3.05) is 33.2 Å². The molecule has 2 N–H and O–H groups in total. The predicted octanol–water partition coefficient (Wildman–Crippen LogP) is 0.956. The van der Waals surface area contributed by atoms with Gasteiger partial charge in [-0.25, -0.2) is 0 Å². The molecule has 3 atom stereocenters. The van der Waals surface area contributed by atoms with E-state index in [2.05, 4.69) is 22.2 Å². The maximum Gasteiger partial charge on any atom is 0.239 e. The van der Waals surface area contributed by atoms with Crippen molar-refractivity contribution in [2.24, 2.45) is 0 Å². The quantitative estimate of drug-likeness (QED) is 0.727. The molecule has 3 unspecified atom stereocenters. The molecule has 1 saturated carbocycles. The highest BCUT2D eigenvalue weighted by atomic mass is 16.3. The molecular formula is C22H38N4O3. The summed E-state index contributed by atoms with van der Waals surface area (Å²) >= 11 is 0. The highest BCUT2D eigenvalue weighted by Crippen LogP contribution is 2.33. The minimum absolute atomic E-state index is 0.0348. The summed E-state index contributed by atoms with van der Waals surface area (Å²) in [6.07, 6.45) is 9.81. The van der Waals surface area contributed by atoms with E-state index in [1.807, 2.05) is 4.90 Å². The molecule has 7 heteroatoms. The molecule has 0 bridgehead atoms. The highest BCUT2D eigenvalue weighted by Gasteiger charge is 2.47. The fraction of sp³-hybridized carbons (Fsp3) is 0.909. The van der Waals surface area contributed by atoms with Crippen LogP contribution in [-0.4, -0.2) is 95.1 Å². The number of rotatable bonds is 4. The van der Waals surface area contributed by atoms with E-state index in [4.69, 9.17) is 0 Å². The van der Waals surface area contributed by atoms with E-state index in [9.17, 15) is 14.7 Å². The number of aliphatic hydroxyl groups excluding tert-OH is 1. The van der Waals surface area contributed by atoms with Crippen molar-refractivity contribution >= 4 is 11.8 Å². The summed E-state index contributed by atoms with van der Waals surface area (Å²) in [5, 5.41) is 12.8. The van der Waals surface area contributed by atoms with Crippen LogP contribution in [0.15, 0.2) is 0 Å². The molecule has 3 heterocycles. The Morgan fingerprint density at radius 1 is 1.07 bits per heavy atom. The minimum atomic E-state index is -0.256. The Hall–Kier alpha value is -1.18. The summed E-state index contributed by atoms with van der Waals surface area (Å²) in [5.41, 5.74) is 0. The first-order chi connectivity index (χ1) is 14.0. The molecule has 1 aliphatic carbocycles. The summed E-state index contributed by atoms with van der Waals surface area (Å²) in [4.78, 5) is 32.4. The molecule has 29 heavy (non-hydrogen) atoms. The molecule has 4 rings (SSSR count). The number of amides is 2. The van der Waals surface area contributed by atoms with Gasteiger partial charge in [0.2, 0.25) is 11.8 Å². The average Bonchev–Trinajstić information content (AvgIpc) is 3.15. The lowest BCUT2D eigenvalue weighted by Gasteiger charge is -2.37. The Kier molecular flexibility index (Phi) is 6.76. The molecule has 164 valence electrons. The van der Waals surface area contributed by atoms with Gasteiger partial charge in [0, 0.05) is 50.7 Å². The van der Waals surface area contributed by atoms with E-state index in [0.29, 0.717) is 44.9 Å². The smallest absolute Gasteiger partial charge is 0.239 e. The van der Waals surface area contributed by atoms with Crippen molar-refractivity contribution in [3.05, 3.63) is 0 Å². The number of piperidine rings is 1. The average molecular weight is 407 g/mol. The minimum Gasteiger partial charge on any atom is -0.393 e. The number of likely N-dealkylation sites (N-methyl/N-ethyl adjacent to an activating group) is 1. The lowest BCUT2D eigenvalue weighted by Crippen LogP contribution is -2.53. The highest BCUT2D eigenvalue weighted by molar-refractivity contribution is 5.83. The second-order valence-corrected chi connectivity index (χ2v) is 9.55. The summed E-state index contributed by atoms with van der Waals surface area (Å²) < 4.78 is 0. The number of aliphatic hydroxyl groups is 1. The number of fused-ring (bicyclic) bond motifs is 1. The van der Waals surface area contributed by atoms with Crippen LogP contribution in [0.25, 0.3) is 0 Å². The van der Waals surface area contributed by atoms with Crippen LogP contribution in [0.3, 0.4) is 0 Å². The maximum absolute atomic E-state index is 13.0. The molecule has 3 saturated heterocycles. The number of likely N-dealkylation sites (tertiary alicyclic amines) is 2. The van der Waals surface area contributed by atoms with Gasteiger partial charge in [0.15, 0.2) is 0 Å². The van der Waals surface area contributed by atoms with Crippen LogP contribution >= 0.6 is 0 Å². The van der Waals surface area contributed by atoms with Gasteiger partial charge in [0.05, 0.1) is 6.10 Å². The largest absolute Gasteiger partial charge is 0.393 e. The molecule has 0 aromatic rings. The van der Waals surface area contributed by atoms with Crippen LogP contribution in [0.1, 0.15) is 64.2 Å². The summed E-state index contributed by atoms with van der Waals surface area (Å²) in [7, 11) is 2.15. The molecule has 2 amide bonds. The zero-order valence-corrected chi connectivity index (χ0v) is 17.9. The standard InChI is InChI=1S/C22H38N4O3/c1-24-17(7-8-20(28)25-12-9-18(27)10-13-25)15-23-22(29)21-19(24)11-14-26(21)16-5-3-2-4-6-16/h16-19,21,27H,2-15H2,1H3,(H,23,29). The molecule has 0 radical (unpaired) electrons. The topological polar surface area (TPSA) is 76.1 Å². The van der Waals surface area contributed by atoms with Crippen molar-refractivity contribution in [1.82, 2.24) is 20.0 Å². The van der Waals surface area contributed by atoms with E-state index in [1.54, 1.807) is 0 Å². The molecule has 0 spiro atoms. The predicted molar refractivity (Wildman–Crippen MR) is 111 cm³/mol. The number of carbonyl (C=O) groups is 2. The Labute approximate surface area is 174 Å².